The molecule has 1 aromatic carbocycles. The largest absolute Gasteiger partial charge is 0.505 e. The number of thiophene rings is 1. The number of aromatic hydroxyl groups is 1. The lowest BCUT2D eigenvalue weighted by atomic mass is 10.2. The number of benzene rings is 1. The van der Waals surface area contributed by atoms with Gasteiger partial charge in [-0.3, -0.25) is 14.9 Å². The summed E-state index contributed by atoms with van der Waals surface area (Å²) in [6, 6.07) is 3.68. The zero-order valence-corrected chi connectivity index (χ0v) is 12.6. The second-order valence-corrected chi connectivity index (χ2v) is 5.45. The number of halogens is 1. The highest BCUT2D eigenvalue weighted by Gasteiger charge is 2.17. The van der Waals surface area contributed by atoms with Gasteiger partial charge in [-0.15, -0.1) is 21.6 Å². The summed E-state index contributed by atoms with van der Waals surface area (Å²) >= 11 is 6.67. The highest BCUT2D eigenvalue weighted by atomic mass is 35.5. The molecule has 0 aliphatic carbocycles. The van der Waals surface area contributed by atoms with Crippen molar-refractivity contribution < 1.29 is 14.8 Å². The van der Waals surface area contributed by atoms with Gasteiger partial charge in [0.25, 0.3) is 5.69 Å². The Bertz CT molecular complexity index is 887. The number of nitro groups is 1. The van der Waals surface area contributed by atoms with Gasteiger partial charge in [-0.2, -0.15) is 5.26 Å². The molecule has 0 atom stereocenters. The lowest BCUT2D eigenvalue weighted by Gasteiger charge is -2.01. The molecule has 0 radical (unpaired) electrons. The fourth-order valence-electron chi connectivity index (χ4n) is 1.56. The number of nitrogens with two attached hydrogens (primary N) is 1. The fraction of sp³-hybridized carbons (Fsp3) is 0. The number of carbonyl (C=O) groups is 1. The van der Waals surface area contributed by atoms with Crippen LogP contribution >= 0.6 is 22.9 Å². The molecular formula is C12H6ClN5O4S. The number of hydrogen-bond donors (Lipinski definition) is 2. The molecule has 0 saturated carbocycles. The zero-order valence-electron chi connectivity index (χ0n) is 11.1. The zero-order chi connectivity index (χ0) is 17.1. The van der Waals surface area contributed by atoms with Crippen LogP contribution in [0.2, 0.25) is 5.02 Å². The Labute approximate surface area is 137 Å². The maximum absolute atomic E-state index is 10.8. The van der Waals surface area contributed by atoms with Gasteiger partial charge < -0.3 is 10.8 Å². The van der Waals surface area contributed by atoms with Crippen LogP contribution in [0.5, 0.6) is 5.75 Å². The number of carbonyl (C=O) groups excluding carboxylic acids is 1. The molecule has 9 nitrogen and oxygen atoms in total. The van der Waals surface area contributed by atoms with Crippen LogP contribution in [0.1, 0.15) is 15.2 Å². The third-order valence-electron chi connectivity index (χ3n) is 2.66. The molecule has 0 aliphatic heterocycles. The van der Waals surface area contributed by atoms with E-state index in [9.17, 15) is 20.0 Å². The van der Waals surface area contributed by atoms with Crippen LogP contribution < -0.4 is 5.73 Å². The number of nitriles is 1. The van der Waals surface area contributed by atoms with E-state index in [1.165, 1.54) is 0 Å². The first-order valence-corrected chi connectivity index (χ1v) is 6.94. The van der Waals surface area contributed by atoms with E-state index in [4.69, 9.17) is 22.6 Å². The van der Waals surface area contributed by atoms with E-state index >= 15 is 0 Å². The lowest BCUT2D eigenvalue weighted by Crippen LogP contribution is -1.91. The van der Waals surface area contributed by atoms with E-state index in [0.717, 1.165) is 23.5 Å². The van der Waals surface area contributed by atoms with Crippen LogP contribution in [-0.4, -0.2) is 16.3 Å². The predicted molar refractivity (Wildman–Crippen MR) is 82.8 cm³/mol. The first-order valence-electron chi connectivity index (χ1n) is 5.75. The summed E-state index contributed by atoms with van der Waals surface area (Å²) < 4.78 is 0. The molecule has 3 N–H and O–H groups in total. The maximum atomic E-state index is 10.8. The van der Waals surface area contributed by atoms with Crippen molar-refractivity contribution in [1.29, 1.82) is 5.26 Å². The van der Waals surface area contributed by atoms with E-state index in [0.29, 0.717) is 6.29 Å². The monoisotopic (exact) mass is 351 g/mol. The molecule has 1 aromatic heterocycles. The highest BCUT2D eigenvalue weighted by molar-refractivity contribution is 7.18. The summed E-state index contributed by atoms with van der Waals surface area (Å²) in [6.45, 7) is 0. The van der Waals surface area contributed by atoms with Crippen molar-refractivity contribution in [1.82, 2.24) is 0 Å². The second-order valence-electron chi connectivity index (χ2n) is 4.04. The Morgan fingerprint density at radius 3 is 2.74 bits per heavy atom. The molecule has 11 heteroatoms. The molecule has 2 aromatic rings. The maximum Gasteiger partial charge on any atom is 0.275 e. The standard InChI is InChI=1S/C12H6ClN5O4S/c13-10-6(3-14)12(23-9(10)4-19)17-16-7-1-5(18(21)22)2-8(20)11(7)15/h1-2,4,20H,15H2. The Hall–Kier alpha value is -3.03. The van der Waals surface area contributed by atoms with Gasteiger partial charge >= 0.3 is 0 Å². The predicted octanol–water partition coefficient (Wildman–Crippen LogP) is 3.70. The Morgan fingerprint density at radius 1 is 1.48 bits per heavy atom. The van der Waals surface area contributed by atoms with Gasteiger partial charge in [0.05, 0.1) is 20.9 Å². The minimum Gasteiger partial charge on any atom is -0.505 e. The van der Waals surface area contributed by atoms with Crippen LogP contribution in [-0.2, 0) is 0 Å². The second kappa shape index (κ2) is 6.39. The number of nitro benzene ring substituents is 1. The topological polar surface area (TPSA) is 155 Å². The molecular weight excluding hydrogens is 346 g/mol. The SMILES string of the molecule is N#Cc1c(N=Nc2cc([N+](=O)[O-])cc(O)c2N)sc(C=O)c1Cl. The molecule has 1 heterocycles. The fourth-order valence-corrected chi connectivity index (χ4v) is 2.68. The number of aldehydes is 1. The highest BCUT2D eigenvalue weighted by Crippen LogP contribution is 2.40. The summed E-state index contributed by atoms with van der Waals surface area (Å²) in [6.07, 6.45) is 0.473. The summed E-state index contributed by atoms with van der Waals surface area (Å²) in [5.41, 5.74) is 4.74. The number of azo groups is 1. The molecule has 116 valence electrons. The van der Waals surface area contributed by atoms with Crippen molar-refractivity contribution in [2.24, 2.45) is 10.2 Å². The molecule has 0 amide bonds. The number of anilines is 1. The number of phenolic OH excluding ortho intramolecular Hbond substituents is 1. The molecule has 0 spiro atoms. The van der Waals surface area contributed by atoms with Crippen molar-refractivity contribution in [3.05, 3.63) is 37.7 Å². The average molecular weight is 352 g/mol. The molecule has 0 fully saturated rings. The quantitative estimate of drug-likeness (QED) is 0.213. The average Bonchev–Trinajstić information content (AvgIpc) is 2.83. The van der Waals surface area contributed by atoms with Crippen molar-refractivity contribution >= 4 is 51.3 Å². The number of phenols is 1. The van der Waals surface area contributed by atoms with Crippen molar-refractivity contribution in [2.75, 3.05) is 5.73 Å². The number of nitrogens with zero attached hydrogens (tertiary/aromatic N) is 4. The molecule has 0 unspecified atom stereocenters. The van der Waals surface area contributed by atoms with Crippen molar-refractivity contribution in [3.63, 3.8) is 0 Å². The molecule has 23 heavy (non-hydrogen) atoms. The Kier molecular flexibility index (Phi) is 4.54. The third kappa shape index (κ3) is 3.10. The minimum atomic E-state index is -0.731. The van der Waals surface area contributed by atoms with Crippen LogP contribution in [0, 0.1) is 21.4 Å². The lowest BCUT2D eigenvalue weighted by molar-refractivity contribution is -0.384. The van der Waals surface area contributed by atoms with Gasteiger partial charge in [-0.05, 0) is 0 Å². The summed E-state index contributed by atoms with van der Waals surface area (Å²) in [4.78, 5) is 21.0. The number of rotatable bonds is 4. The van der Waals surface area contributed by atoms with Crippen molar-refractivity contribution in [2.45, 2.75) is 0 Å². The van der Waals surface area contributed by atoms with E-state index in [1.807, 2.05) is 0 Å². The van der Waals surface area contributed by atoms with Crippen LogP contribution in [0.4, 0.5) is 22.1 Å². The van der Waals surface area contributed by atoms with Crippen LogP contribution in [0.25, 0.3) is 0 Å². The van der Waals surface area contributed by atoms with E-state index < -0.39 is 16.4 Å². The van der Waals surface area contributed by atoms with Gasteiger partial charge in [0, 0.05) is 6.07 Å². The summed E-state index contributed by atoms with van der Waals surface area (Å²) in [5.74, 6) is -0.522. The Balaban J connectivity index is 2.51. The number of hydrogen-bond acceptors (Lipinski definition) is 9. The van der Waals surface area contributed by atoms with E-state index in [2.05, 4.69) is 10.2 Å². The smallest absolute Gasteiger partial charge is 0.275 e. The van der Waals surface area contributed by atoms with Crippen LogP contribution in [0.15, 0.2) is 22.4 Å². The molecule has 0 saturated heterocycles. The van der Waals surface area contributed by atoms with Gasteiger partial charge in [0.1, 0.15) is 28.8 Å². The molecule has 0 bridgehead atoms. The number of nitrogen functional groups attached to an aromatic ring is 1. The number of non-ortho nitro benzene ring substituents is 1. The van der Waals surface area contributed by atoms with Gasteiger partial charge in [0.2, 0.25) is 0 Å². The molecule has 2 rings (SSSR count). The first kappa shape index (κ1) is 16.3. The minimum absolute atomic E-state index is 0.0451. The summed E-state index contributed by atoms with van der Waals surface area (Å²) in [7, 11) is 0. The van der Waals surface area contributed by atoms with Gasteiger partial charge in [0.15, 0.2) is 11.3 Å². The van der Waals surface area contributed by atoms with Crippen molar-refractivity contribution in [3.8, 4) is 11.8 Å². The summed E-state index contributed by atoms with van der Waals surface area (Å²) in [5, 5.41) is 36.8. The first-order chi connectivity index (χ1) is 10.9. The van der Waals surface area contributed by atoms with Gasteiger partial charge in [-0.25, -0.2) is 0 Å². The van der Waals surface area contributed by atoms with E-state index in [-0.39, 0.29) is 31.8 Å². The Morgan fingerprint density at radius 2 is 2.17 bits per heavy atom. The van der Waals surface area contributed by atoms with E-state index in [1.54, 1.807) is 6.07 Å². The molecule has 0 aliphatic rings. The van der Waals surface area contributed by atoms with Gasteiger partial charge in [-0.1, -0.05) is 11.6 Å². The normalized spacial score (nSPS) is 10.6. The van der Waals surface area contributed by atoms with Crippen LogP contribution in [0.3, 0.4) is 0 Å². The third-order valence-corrected chi connectivity index (χ3v) is 4.16.